The Kier molecular flexibility index (Phi) is 7.23. The highest BCUT2D eigenvalue weighted by Crippen LogP contribution is 2.29. The molecule has 174 valence electrons. The number of aromatic nitrogens is 2. The fraction of sp³-hybridized carbons (Fsp3) is 0.542. The summed E-state index contributed by atoms with van der Waals surface area (Å²) in [5, 5.41) is 13.0. The molecule has 1 aromatic carbocycles. The first-order valence-electron chi connectivity index (χ1n) is 11.7. The quantitative estimate of drug-likeness (QED) is 0.745. The van der Waals surface area contributed by atoms with Crippen molar-refractivity contribution in [1.29, 1.82) is 5.26 Å². The van der Waals surface area contributed by atoms with Crippen LogP contribution in [0, 0.1) is 11.3 Å². The van der Waals surface area contributed by atoms with Gasteiger partial charge in [-0.25, -0.2) is 14.8 Å². The molecule has 1 atom stereocenters. The standard InChI is InChI=1S/C24H30N6O3/c1-2-33-24(32)30-14-12-29(13-15-30)22-21(27-19-10-6-7-11-20(19)28-22)18(16-25)23(31)26-17-8-4-3-5-9-17/h6-7,10-11,17-18H,2-5,8-9,12-15H2,1H3,(H,26,31)/t18-/m0/s1. The number of nitrogens with one attached hydrogen (secondary N) is 1. The summed E-state index contributed by atoms with van der Waals surface area (Å²) in [6.45, 7) is 4.09. The molecular weight excluding hydrogens is 420 g/mol. The number of nitriles is 1. The lowest BCUT2D eigenvalue weighted by Crippen LogP contribution is -2.49. The number of para-hydroxylation sites is 2. The van der Waals surface area contributed by atoms with E-state index in [1.54, 1.807) is 11.8 Å². The van der Waals surface area contributed by atoms with Crippen LogP contribution in [-0.4, -0.2) is 65.7 Å². The molecule has 1 aromatic heterocycles. The van der Waals surface area contributed by atoms with Crippen molar-refractivity contribution in [2.24, 2.45) is 0 Å². The summed E-state index contributed by atoms with van der Waals surface area (Å²) >= 11 is 0. The van der Waals surface area contributed by atoms with Gasteiger partial charge in [-0.2, -0.15) is 5.26 Å². The van der Waals surface area contributed by atoms with Gasteiger partial charge in [-0.1, -0.05) is 31.4 Å². The number of carbonyl (C=O) groups is 2. The second kappa shape index (κ2) is 10.5. The molecule has 2 heterocycles. The molecule has 0 radical (unpaired) electrons. The monoisotopic (exact) mass is 450 g/mol. The molecule has 9 nitrogen and oxygen atoms in total. The van der Waals surface area contributed by atoms with E-state index in [4.69, 9.17) is 14.7 Å². The molecule has 2 fully saturated rings. The zero-order valence-corrected chi connectivity index (χ0v) is 19.0. The Bertz CT molecular complexity index is 1040. The summed E-state index contributed by atoms with van der Waals surface area (Å²) < 4.78 is 5.11. The van der Waals surface area contributed by atoms with E-state index in [0.29, 0.717) is 55.3 Å². The number of ether oxygens (including phenoxy) is 1. The van der Waals surface area contributed by atoms with Gasteiger partial charge in [-0.3, -0.25) is 4.79 Å². The molecule has 4 rings (SSSR count). The topological polar surface area (TPSA) is 111 Å². The molecule has 2 aliphatic rings. The first-order valence-corrected chi connectivity index (χ1v) is 11.7. The minimum atomic E-state index is -1.05. The normalized spacial score (nSPS) is 17.9. The summed E-state index contributed by atoms with van der Waals surface area (Å²) in [5.74, 6) is -0.843. The fourth-order valence-corrected chi connectivity index (χ4v) is 4.52. The molecule has 1 aliphatic carbocycles. The van der Waals surface area contributed by atoms with Crippen LogP contribution in [0.1, 0.15) is 50.6 Å². The van der Waals surface area contributed by atoms with Crippen LogP contribution in [0.25, 0.3) is 11.0 Å². The third-order valence-corrected chi connectivity index (χ3v) is 6.30. The number of carbonyl (C=O) groups excluding carboxylic acids is 2. The summed E-state index contributed by atoms with van der Waals surface area (Å²) in [7, 11) is 0. The highest BCUT2D eigenvalue weighted by molar-refractivity contribution is 5.89. The van der Waals surface area contributed by atoms with Gasteiger partial charge in [0.2, 0.25) is 5.91 Å². The lowest BCUT2D eigenvalue weighted by Gasteiger charge is -2.35. The van der Waals surface area contributed by atoms with Gasteiger partial charge in [-0.05, 0) is 31.9 Å². The molecule has 2 amide bonds. The number of fused-ring (bicyclic) bond motifs is 1. The largest absolute Gasteiger partial charge is 0.450 e. The van der Waals surface area contributed by atoms with Crippen LogP contribution in [0.15, 0.2) is 24.3 Å². The van der Waals surface area contributed by atoms with Crippen LogP contribution in [0.2, 0.25) is 0 Å². The number of amides is 2. The van der Waals surface area contributed by atoms with Crippen LogP contribution >= 0.6 is 0 Å². The third-order valence-electron chi connectivity index (χ3n) is 6.30. The van der Waals surface area contributed by atoms with Crippen LogP contribution in [0.5, 0.6) is 0 Å². The Balaban J connectivity index is 1.61. The number of benzene rings is 1. The van der Waals surface area contributed by atoms with Gasteiger partial charge in [0.1, 0.15) is 5.69 Å². The first-order chi connectivity index (χ1) is 16.1. The van der Waals surface area contributed by atoms with Crippen molar-refractivity contribution in [2.75, 3.05) is 37.7 Å². The average molecular weight is 451 g/mol. The maximum atomic E-state index is 13.1. The fourth-order valence-electron chi connectivity index (χ4n) is 4.52. The Hall–Kier alpha value is -3.41. The number of anilines is 1. The van der Waals surface area contributed by atoms with Crippen LogP contribution in [-0.2, 0) is 9.53 Å². The first kappa shape index (κ1) is 22.8. The predicted octanol–water partition coefficient (Wildman–Crippen LogP) is 2.96. The molecule has 33 heavy (non-hydrogen) atoms. The molecule has 0 unspecified atom stereocenters. The van der Waals surface area contributed by atoms with Gasteiger partial charge >= 0.3 is 6.09 Å². The van der Waals surface area contributed by atoms with E-state index < -0.39 is 5.92 Å². The molecule has 0 bridgehead atoms. The van der Waals surface area contributed by atoms with E-state index in [9.17, 15) is 14.9 Å². The van der Waals surface area contributed by atoms with Crippen molar-refractivity contribution < 1.29 is 14.3 Å². The van der Waals surface area contributed by atoms with Gasteiger partial charge < -0.3 is 19.9 Å². The molecule has 0 spiro atoms. The van der Waals surface area contributed by atoms with Gasteiger partial charge in [0.25, 0.3) is 0 Å². The lowest BCUT2D eigenvalue weighted by atomic mass is 9.94. The number of rotatable bonds is 5. The summed E-state index contributed by atoms with van der Waals surface area (Å²) in [5.41, 5.74) is 1.72. The molecule has 1 saturated heterocycles. The van der Waals surface area contributed by atoms with Gasteiger partial charge in [0, 0.05) is 32.2 Å². The van der Waals surface area contributed by atoms with Gasteiger partial charge in [0.05, 0.1) is 23.7 Å². The minimum Gasteiger partial charge on any atom is -0.450 e. The van der Waals surface area contributed by atoms with Crippen LogP contribution < -0.4 is 10.2 Å². The Morgan fingerprint density at radius 1 is 1.12 bits per heavy atom. The van der Waals surface area contributed by atoms with E-state index >= 15 is 0 Å². The number of hydrogen-bond acceptors (Lipinski definition) is 7. The predicted molar refractivity (Wildman–Crippen MR) is 124 cm³/mol. The molecule has 2 aromatic rings. The van der Waals surface area contributed by atoms with E-state index in [2.05, 4.69) is 11.4 Å². The smallest absolute Gasteiger partial charge is 0.409 e. The second-order valence-corrected chi connectivity index (χ2v) is 8.50. The summed E-state index contributed by atoms with van der Waals surface area (Å²) in [6.07, 6.45) is 4.92. The minimum absolute atomic E-state index is 0.104. The van der Waals surface area contributed by atoms with E-state index in [1.165, 1.54) is 6.42 Å². The average Bonchev–Trinajstić information content (AvgIpc) is 2.85. The van der Waals surface area contributed by atoms with Crippen molar-refractivity contribution in [1.82, 2.24) is 20.2 Å². The molecule has 1 aliphatic heterocycles. The zero-order chi connectivity index (χ0) is 23.2. The van der Waals surface area contributed by atoms with E-state index in [0.717, 1.165) is 25.7 Å². The van der Waals surface area contributed by atoms with Crippen molar-refractivity contribution in [2.45, 2.75) is 51.0 Å². The highest BCUT2D eigenvalue weighted by Gasteiger charge is 2.32. The van der Waals surface area contributed by atoms with Gasteiger partial charge in [-0.15, -0.1) is 0 Å². The zero-order valence-electron chi connectivity index (χ0n) is 19.0. The SMILES string of the molecule is CCOC(=O)N1CCN(c2nc3ccccc3nc2[C@H](C#N)C(=O)NC2CCCCC2)CC1. The lowest BCUT2D eigenvalue weighted by molar-refractivity contribution is -0.122. The molecule has 9 heteroatoms. The third kappa shape index (κ3) is 5.16. The van der Waals surface area contributed by atoms with Crippen molar-refractivity contribution in [3.63, 3.8) is 0 Å². The number of piperazine rings is 1. The Morgan fingerprint density at radius 2 is 1.79 bits per heavy atom. The summed E-state index contributed by atoms with van der Waals surface area (Å²) in [6, 6.07) is 9.73. The van der Waals surface area contributed by atoms with Crippen molar-refractivity contribution in [3.8, 4) is 6.07 Å². The van der Waals surface area contributed by atoms with Crippen molar-refractivity contribution >= 4 is 28.9 Å². The summed E-state index contributed by atoms with van der Waals surface area (Å²) in [4.78, 5) is 38.4. The maximum absolute atomic E-state index is 13.1. The molecule has 1 N–H and O–H groups in total. The molecular formula is C24H30N6O3. The van der Waals surface area contributed by atoms with Gasteiger partial charge in [0.15, 0.2) is 11.7 Å². The highest BCUT2D eigenvalue weighted by atomic mass is 16.6. The Morgan fingerprint density at radius 3 is 2.42 bits per heavy atom. The number of hydrogen-bond donors (Lipinski definition) is 1. The Labute approximate surface area is 193 Å². The number of nitrogens with zero attached hydrogens (tertiary/aromatic N) is 5. The van der Waals surface area contributed by atoms with Crippen molar-refractivity contribution in [3.05, 3.63) is 30.0 Å². The maximum Gasteiger partial charge on any atom is 0.409 e. The van der Waals surface area contributed by atoms with E-state index in [1.807, 2.05) is 29.2 Å². The van der Waals surface area contributed by atoms with E-state index in [-0.39, 0.29) is 18.0 Å². The van der Waals surface area contributed by atoms with Crippen LogP contribution in [0.4, 0.5) is 10.6 Å². The molecule has 1 saturated carbocycles. The van der Waals surface area contributed by atoms with Crippen LogP contribution in [0.3, 0.4) is 0 Å². The second-order valence-electron chi connectivity index (χ2n) is 8.50.